The van der Waals surface area contributed by atoms with Crippen LogP contribution in [0.1, 0.15) is 5.56 Å². The van der Waals surface area contributed by atoms with E-state index in [9.17, 15) is 14.9 Å². The van der Waals surface area contributed by atoms with Gasteiger partial charge in [0.15, 0.2) is 18.1 Å². The van der Waals surface area contributed by atoms with E-state index < -0.39 is 11.9 Å². The van der Waals surface area contributed by atoms with Crippen LogP contribution in [0.15, 0.2) is 42.0 Å². The fourth-order valence-electron chi connectivity index (χ4n) is 2.34. The van der Waals surface area contributed by atoms with Crippen molar-refractivity contribution in [3.05, 3.63) is 51.1 Å². The average Bonchev–Trinajstić information content (AvgIpc) is 2.76. The van der Waals surface area contributed by atoms with Gasteiger partial charge in [0.25, 0.3) is 5.91 Å². The number of hydrogen-bond donors (Lipinski definition) is 1. The SMILES string of the molecule is COC(=O)COc1c(I)cc(/C=C(/C#N)C(=O)Nc2ccc(OC)cc2)cc1OC. The second-order valence-electron chi connectivity index (χ2n) is 5.75. The number of methoxy groups -OCH3 is 3. The maximum Gasteiger partial charge on any atom is 0.343 e. The highest BCUT2D eigenvalue weighted by Crippen LogP contribution is 2.34. The van der Waals surface area contributed by atoms with Crippen molar-refractivity contribution in [2.45, 2.75) is 0 Å². The summed E-state index contributed by atoms with van der Waals surface area (Å²) in [4.78, 5) is 23.8. The molecule has 156 valence electrons. The van der Waals surface area contributed by atoms with Gasteiger partial charge in [-0.15, -0.1) is 0 Å². The van der Waals surface area contributed by atoms with E-state index in [-0.39, 0.29) is 12.2 Å². The van der Waals surface area contributed by atoms with Crippen molar-refractivity contribution < 1.29 is 28.5 Å². The van der Waals surface area contributed by atoms with Gasteiger partial charge in [0.1, 0.15) is 17.4 Å². The van der Waals surface area contributed by atoms with Gasteiger partial charge in [0.05, 0.1) is 24.9 Å². The first-order valence-electron chi connectivity index (χ1n) is 8.56. The number of amides is 1. The molecule has 1 amide bonds. The van der Waals surface area contributed by atoms with E-state index in [1.165, 1.54) is 20.3 Å². The van der Waals surface area contributed by atoms with Crippen molar-refractivity contribution in [1.82, 2.24) is 0 Å². The zero-order valence-electron chi connectivity index (χ0n) is 16.5. The van der Waals surface area contributed by atoms with Crippen LogP contribution in [0.25, 0.3) is 6.08 Å². The highest BCUT2D eigenvalue weighted by Gasteiger charge is 2.15. The Bertz CT molecular complexity index is 996. The van der Waals surface area contributed by atoms with Crippen LogP contribution < -0.4 is 19.5 Å². The van der Waals surface area contributed by atoms with Gasteiger partial charge in [0, 0.05) is 5.69 Å². The van der Waals surface area contributed by atoms with Crippen LogP contribution in [0.3, 0.4) is 0 Å². The Kier molecular flexibility index (Phi) is 8.49. The standard InChI is InChI=1S/C21H19IN2O6/c1-27-16-6-4-15(5-7-16)24-21(26)14(11-23)8-13-9-17(22)20(18(10-13)28-2)30-12-19(25)29-3/h4-10H,12H2,1-3H3,(H,24,26)/b14-8-. The molecule has 0 bridgehead atoms. The number of anilines is 1. The zero-order chi connectivity index (χ0) is 22.1. The van der Waals surface area contributed by atoms with Gasteiger partial charge >= 0.3 is 5.97 Å². The van der Waals surface area contributed by atoms with Crippen LogP contribution in [-0.2, 0) is 14.3 Å². The quantitative estimate of drug-likeness (QED) is 0.245. The molecule has 2 rings (SSSR count). The van der Waals surface area contributed by atoms with E-state index in [4.69, 9.17) is 14.2 Å². The molecule has 0 aromatic heterocycles. The van der Waals surface area contributed by atoms with Crippen LogP contribution in [0, 0.1) is 14.9 Å². The molecular formula is C21H19IN2O6. The Morgan fingerprint density at radius 1 is 1.13 bits per heavy atom. The predicted molar refractivity (Wildman–Crippen MR) is 118 cm³/mol. The van der Waals surface area contributed by atoms with Gasteiger partial charge in [-0.1, -0.05) is 0 Å². The summed E-state index contributed by atoms with van der Waals surface area (Å²) in [7, 11) is 4.26. The Hall–Kier alpha value is -3.26. The number of carbonyl (C=O) groups excluding carboxylic acids is 2. The predicted octanol–water partition coefficient (Wildman–Crippen LogP) is 3.41. The molecule has 0 aliphatic heterocycles. The summed E-state index contributed by atoms with van der Waals surface area (Å²) in [5, 5.41) is 12.1. The fourth-order valence-corrected chi connectivity index (χ4v) is 3.12. The molecule has 0 unspecified atom stereocenters. The van der Waals surface area contributed by atoms with Gasteiger partial charge < -0.3 is 24.3 Å². The molecule has 0 saturated carbocycles. The van der Waals surface area contributed by atoms with Crippen molar-refractivity contribution in [2.24, 2.45) is 0 Å². The van der Waals surface area contributed by atoms with Crippen LogP contribution in [-0.4, -0.2) is 39.8 Å². The highest BCUT2D eigenvalue weighted by molar-refractivity contribution is 14.1. The van der Waals surface area contributed by atoms with Gasteiger partial charge in [-0.05, 0) is 70.6 Å². The summed E-state index contributed by atoms with van der Waals surface area (Å²) < 4.78 is 21.1. The van der Waals surface area contributed by atoms with Crippen LogP contribution in [0.2, 0.25) is 0 Å². The number of hydrogen-bond acceptors (Lipinski definition) is 7. The first kappa shape index (κ1) is 23.0. The summed E-state index contributed by atoms with van der Waals surface area (Å²) >= 11 is 2.01. The zero-order valence-corrected chi connectivity index (χ0v) is 18.7. The number of nitrogens with zero attached hydrogens (tertiary/aromatic N) is 1. The van der Waals surface area contributed by atoms with Crippen LogP contribution in [0.5, 0.6) is 17.2 Å². The summed E-state index contributed by atoms with van der Waals surface area (Å²) in [5.41, 5.74) is 0.996. The van der Waals surface area contributed by atoms with Crippen molar-refractivity contribution in [2.75, 3.05) is 33.3 Å². The minimum atomic E-state index is -0.553. The van der Waals surface area contributed by atoms with Gasteiger partial charge in [-0.2, -0.15) is 5.26 Å². The van der Waals surface area contributed by atoms with E-state index in [0.29, 0.717) is 32.1 Å². The van der Waals surface area contributed by atoms with Gasteiger partial charge in [-0.3, -0.25) is 4.79 Å². The summed E-state index contributed by atoms with van der Waals surface area (Å²) in [6, 6.07) is 12.0. The van der Waals surface area contributed by atoms with Crippen molar-refractivity contribution in [3.63, 3.8) is 0 Å². The molecule has 9 heteroatoms. The molecular weight excluding hydrogens is 503 g/mol. The summed E-state index contributed by atoms with van der Waals surface area (Å²) in [6.45, 7) is -0.272. The van der Waals surface area contributed by atoms with Crippen molar-refractivity contribution in [1.29, 1.82) is 5.26 Å². The van der Waals surface area contributed by atoms with E-state index in [1.807, 2.05) is 28.7 Å². The number of ether oxygens (including phenoxy) is 4. The first-order chi connectivity index (χ1) is 14.4. The lowest BCUT2D eigenvalue weighted by molar-refractivity contribution is -0.142. The lowest BCUT2D eigenvalue weighted by Crippen LogP contribution is -2.14. The van der Waals surface area contributed by atoms with Gasteiger partial charge in [-0.25, -0.2) is 4.79 Å². The molecule has 0 radical (unpaired) electrons. The number of rotatable bonds is 8. The molecule has 2 aromatic carbocycles. The molecule has 30 heavy (non-hydrogen) atoms. The Morgan fingerprint density at radius 3 is 2.40 bits per heavy atom. The molecule has 0 spiro atoms. The lowest BCUT2D eigenvalue weighted by atomic mass is 10.1. The lowest BCUT2D eigenvalue weighted by Gasteiger charge is -2.13. The Balaban J connectivity index is 2.25. The monoisotopic (exact) mass is 522 g/mol. The average molecular weight is 522 g/mol. The summed E-state index contributed by atoms with van der Waals surface area (Å²) in [6.07, 6.45) is 1.44. The molecule has 0 heterocycles. The topological polar surface area (TPSA) is 107 Å². The molecule has 2 aromatic rings. The number of carbonyl (C=O) groups is 2. The van der Waals surface area contributed by atoms with E-state index in [1.54, 1.807) is 43.5 Å². The fraction of sp³-hybridized carbons (Fsp3) is 0.190. The third-order valence-corrected chi connectivity index (χ3v) is 4.64. The maximum absolute atomic E-state index is 12.5. The molecule has 1 N–H and O–H groups in total. The Labute approximate surface area is 187 Å². The molecule has 0 saturated heterocycles. The normalized spacial score (nSPS) is 10.6. The third kappa shape index (κ3) is 6.12. The van der Waals surface area contributed by atoms with E-state index in [2.05, 4.69) is 10.1 Å². The number of esters is 1. The van der Waals surface area contributed by atoms with Crippen molar-refractivity contribution >= 4 is 46.2 Å². The largest absolute Gasteiger partial charge is 0.497 e. The Morgan fingerprint density at radius 2 is 1.83 bits per heavy atom. The van der Waals surface area contributed by atoms with Crippen LogP contribution in [0.4, 0.5) is 5.69 Å². The van der Waals surface area contributed by atoms with E-state index in [0.717, 1.165) is 0 Å². The smallest absolute Gasteiger partial charge is 0.343 e. The third-order valence-electron chi connectivity index (χ3n) is 3.84. The highest BCUT2D eigenvalue weighted by atomic mass is 127. The maximum atomic E-state index is 12.5. The van der Waals surface area contributed by atoms with Crippen molar-refractivity contribution in [3.8, 4) is 23.3 Å². The molecule has 0 aliphatic carbocycles. The van der Waals surface area contributed by atoms with Crippen LogP contribution >= 0.6 is 22.6 Å². The first-order valence-corrected chi connectivity index (χ1v) is 9.64. The number of halogens is 1. The second-order valence-corrected chi connectivity index (χ2v) is 6.91. The molecule has 0 aliphatic rings. The second kappa shape index (κ2) is 11.1. The number of benzene rings is 2. The van der Waals surface area contributed by atoms with Gasteiger partial charge in [0.2, 0.25) is 0 Å². The molecule has 0 fully saturated rings. The number of nitriles is 1. The van der Waals surface area contributed by atoms with E-state index >= 15 is 0 Å². The molecule has 0 atom stereocenters. The minimum Gasteiger partial charge on any atom is -0.497 e. The molecule has 8 nitrogen and oxygen atoms in total. The number of nitrogens with one attached hydrogen (secondary N) is 1. The minimum absolute atomic E-state index is 0.0908. The summed E-state index contributed by atoms with van der Waals surface area (Å²) in [5.74, 6) is 0.286.